The quantitative estimate of drug-likeness (QED) is 0.228. The Morgan fingerprint density at radius 1 is 1.12 bits per heavy atom. The van der Waals surface area contributed by atoms with Crippen LogP contribution in [0.3, 0.4) is 0 Å². The van der Waals surface area contributed by atoms with Crippen molar-refractivity contribution >= 4 is 27.5 Å². The first-order valence-corrected chi connectivity index (χ1v) is 18.3. The topological polar surface area (TPSA) is 113 Å². The van der Waals surface area contributed by atoms with Crippen molar-refractivity contribution in [3.8, 4) is 23.0 Å². The lowest BCUT2D eigenvalue weighted by Gasteiger charge is -2.53. The van der Waals surface area contributed by atoms with Crippen molar-refractivity contribution < 1.29 is 28.8 Å². The fourth-order valence-corrected chi connectivity index (χ4v) is 9.26. The van der Waals surface area contributed by atoms with Crippen molar-refractivity contribution in [2.45, 2.75) is 89.0 Å². The Kier molecular flexibility index (Phi) is 8.82. The number of likely N-dealkylation sites (tertiary alicyclic amines) is 1. The molecule has 4 fully saturated rings. The first kappa shape index (κ1) is 33.5. The molecule has 2 saturated carbocycles. The molecule has 3 atom stereocenters. The van der Waals surface area contributed by atoms with Gasteiger partial charge in [-0.3, -0.25) is 9.88 Å². The minimum atomic E-state index is -1.14. The van der Waals surface area contributed by atoms with Gasteiger partial charge in [0.05, 0.1) is 37.9 Å². The molecule has 8 rings (SSSR count). The standard InChI is InChI=1S/C39H48FN5O5/c1-4-24-8-5-9-25-16-27(46)19-29(32(24)25)34-33(40)35-30(20-41-34)36(44-14-15-49-22-38(2,47)21-44)43-37(42-35)50-23-39-11-6-10-31(39)45(13-7-12-39)26-17-28(18-26)48-3/h5,8-9,16,19-20,26,28,31,46-47H,4,6-7,10-15,17-18,21-23H2,1-3H3/t26?,28?,31-,38+,39-/m1/s1. The van der Waals surface area contributed by atoms with Crippen LogP contribution in [-0.2, 0) is 15.9 Å². The van der Waals surface area contributed by atoms with Crippen LogP contribution in [-0.4, -0.2) is 100 Å². The van der Waals surface area contributed by atoms with E-state index >= 15 is 4.39 Å². The third-order valence-corrected chi connectivity index (χ3v) is 11.8. The number of aliphatic hydroxyl groups is 1. The maximum atomic E-state index is 17.1. The summed E-state index contributed by atoms with van der Waals surface area (Å²) >= 11 is 0. The zero-order valence-corrected chi connectivity index (χ0v) is 29.3. The summed E-state index contributed by atoms with van der Waals surface area (Å²) in [5.41, 5.74) is 0.581. The van der Waals surface area contributed by atoms with Crippen molar-refractivity contribution in [1.82, 2.24) is 19.9 Å². The summed E-state index contributed by atoms with van der Waals surface area (Å²) in [5.74, 6) is -0.118. The predicted octanol–water partition coefficient (Wildman–Crippen LogP) is 6.03. The Labute approximate surface area is 292 Å². The van der Waals surface area contributed by atoms with Crippen LogP contribution in [0.4, 0.5) is 10.2 Å². The molecule has 4 aliphatic rings. The Bertz CT molecular complexity index is 1900. The number of hydrogen-bond donors (Lipinski definition) is 2. The van der Waals surface area contributed by atoms with Crippen LogP contribution in [0.15, 0.2) is 36.5 Å². The SMILES string of the molecule is CCc1cccc2cc(O)cc(-c3ncc4c(N5CCOC[C@@](C)(O)C5)nc(OC[C@]56CCC[C@H]5N(C5CC(OC)C5)CCC6)nc4c3F)c12. The Morgan fingerprint density at radius 2 is 1.96 bits per heavy atom. The number of fused-ring (bicyclic) bond motifs is 3. The van der Waals surface area contributed by atoms with E-state index in [2.05, 4.69) is 16.8 Å². The number of aromatic nitrogens is 3. The van der Waals surface area contributed by atoms with Crippen molar-refractivity contribution in [1.29, 1.82) is 0 Å². The van der Waals surface area contributed by atoms with Gasteiger partial charge in [-0.05, 0) is 86.9 Å². The molecule has 2 saturated heterocycles. The molecule has 11 heteroatoms. The normalized spacial score (nSPS) is 28.8. The second-order valence-electron chi connectivity index (χ2n) is 15.2. The van der Waals surface area contributed by atoms with E-state index < -0.39 is 11.4 Å². The van der Waals surface area contributed by atoms with E-state index in [0.29, 0.717) is 54.7 Å². The van der Waals surface area contributed by atoms with Crippen molar-refractivity contribution in [3.05, 3.63) is 47.9 Å². The highest BCUT2D eigenvalue weighted by atomic mass is 19.1. The number of phenolic OH excluding ortho intramolecular Hbond substituents is 1. The number of pyridine rings is 1. The van der Waals surface area contributed by atoms with Gasteiger partial charge < -0.3 is 29.3 Å². The van der Waals surface area contributed by atoms with E-state index in [9.17, 15) is 10.2 Å². The molecule has 266 valence electrons. The number of aryl methyl sites for hydroxylation is 1. The summed E-state index contributed by atoms with van der Waals surface area (Å²) in [6, 6.07) is 10.2. The van der Waals surface area contributed by atoms with E-state index in [0.717, 1.165) is 74.2 Å². The summed E-state index contributed by atoms with van der Waals surface area (Å²) < 4.78 is 35.0. The fraction of sp³-hybridized carbons (Fsp3) is 0.564. The molecule has 0 spiro atoms. The van der Waals surface area contributed by atoms with E-state index in [1.165, 1.54) is 0 Å². The molecule has 2 aromatic heterocycles. The molecular weight excluding hydrogens is 637 g/mol. The van der Waals surface area contributed by atoms with E-state index in [-0.39, 0.29) is 41.5 Å². The average Bonchev–Trinajstić information content (AvgIpc) is 3.44. The third kappa shape index (κ3) is 5.95. The zero-order valence-electron chi connectivity index (χ0n) is 29.3. The lowest BCUT2D eigenvalue weighted by Crippen LogP contribution is -2.59. The lowest BCUT2D eigenvalue weighted by molar-refractivity contribution is -0.0845. The minimum absolute atomic E-state index is 0.0199. The second kappa shape index (κ2) is 13.2. The summed E-state index contributed by atoms with van der Waals surface area (Å²) in [6.07, 6.45) is 10.4. The number of methoxy groups -OCH3 is 1. The Hall–Kier alpha value is -3.64. The molecule has 0 unspecified atom stereocenters. The van der Waals surface area contributed by atoms with Gasteiger partial charge in [0.15, 0.2) is 5.82 Å². The van der Waals surface area contributed by atoms with E-state index in [1.807, 2.05) is 23.1 Å². The van der Waals surface area contributed by atoms with E-state index in [1.54, 1.807) is 32.4 Å². The molecule has 50 heavy (non-hydrogen) atoms. The number of hydrogen-bond acceptors (Lipinski definition) is 10. The molecule has 2 aliphatic heterocycles. The summed E-state index contributed by atoms with van der Waals surface area (Å²) in [4.78, 5) is 19.0. The van der Waals surface area contributed by atoms with Gasteiger partial charge in [-0.1, -0.05) is 31.5 Å². The molecule has 4 heterocycles. The van der Waals surface area contributed by atoms with Crippen molar-refractivity contribution in [2.75, 3.05) is 51.5 Å². The number of phenols is 1. The molecule has 10 nitrogen and oxygen atoms in total. The molecular formula is C39H48FN5O5. The molecule has 0 radical (unpaired) electrons. The summed E-state index contributed by atoms with van der Waals surface area (Å²) in [7, 11) is 1.80. The number of aromatic hydroxyl groups is 1. The maximum Gasteiger partial charge on any atom is 0.319 e. The van der Waals surface area contributed by atoms with Crippen LogP contribution < -0.4 is 9.64 Å². The number of ether oxygens (including phenoxy) is 3. The zero-order chi connectivity index (χ0) is 34.6. The van der Waals surface area contributed by atoms with Gasteiger partial charge in [0.25, 0.3) is 0 Å². The molecule has 2 aromatic carbocycles. The minimum Gasteiger partial charge on any atom is -0.508 e. The second-order valence-corrected chi connectivity index (χ2v) is 15.2. The number of anilines is 1. The number of nitrogens with zero attached hydrogens (tertiary/aromatic N) is 5. The Morgan fingerprint density at radius 3 is 2.78 bits per heavy atom. The third-order valence-electron chi connectivity index (χ3n) is 11.8. The Balaban J connectivity index is 1.20. The van der Waals surface area contributed by atoms with Crippen LogP contribution in [0.5, 0.6) is 11.8 Å². The maximum absolute atomic E-state index is 17.1. The number of piperidine rings is 1. The number of rotatable bonds is 8. The highest BCUT2D eigenvalue weighted by Crippen LogP contribution is 2.50. The molecule has 0 bridgehead atoms. The number of halogens is 1. The summed E-state index contributed by atoms with van der Waals surface area (Å²) in [5, 5.41) is 23.9. The van der Waals surface area contributed by atoms with Gasteiger partial charge in [0.2, 0.25) is 0 Å². The number of benzene rings is 2. The van der Waals surface area contributed by atoms with Crippen LogP contribution in [0.1, 0.15) is 64.4 Å². The molecule has 2 aliphatic carbocycles. The molecule has 4 aromatic rings. The van der Waals surface area contributed by atoms with Crippen LogP contribution in [0.2, 0.25) is 0 Å². The van der Waals surface area contributed by atoms with Gasteiger partial charge in [-0.15, -0.1) is 0 Å². The van der Waals surface area contributed by atoms with Gasteiger partial charge in [0.1, 0.15) is 28.4 Å². The first-order valence-electron chi connectivity index (χ1n) is 18.3. The van der Waals surface area contributed by atoms with Gasteiger partial charge in [-0.2, -0.15) is 9.97 Å². The van der Waals surface area contributed by atoms with E-state index in [4.69, 9.17) is 24.2 Å². The smallest absolute Gasteiger partial charge is 0.319 e. The highest BCUT2D eigenvalue weighted by molar-refractivity contribution is 6.01. The van der Waals surface area contributed by atoms with Crippen LogP contribution in [0.25, 0.3) is 32.9 Å². The highest BCUT2D eigenvalue weighted by Gasteiger charge is 2.51. The van der Waals surface area contributed by atoms with Crippen molar-refractivity contribution in [2.24, 2.45) is 5.41 Å². The number of β-amino-alcohol motifs (C(OH)–C–C–N with tert-alkyl or cyclic N) is 1. The molecule has 0 amide bonds. The van der Waals surface area contributed by atoms with Gasteiger partial charge >= 0.3 is 6.01 Å². The van der Waals surface area contributed by atoms with Crippen LogP contribution in [0, 0.1) is 11.2 Å². The largest absolute Gasteiger partial charge is 0.508 e. The average molecular weight is 686 g/mol. The first-order chi connectivity index (χ1) is 24.2. The van der Waals surface area contributed by atoms with Gasteiger partial charge in [0, 0.05) is 42.9 Å². The van der Waals surface area contributed by atoms with Crippen LogP contribution >= 0.6 is 0 Å². The molecule has 2 N–H and O–H groups in total. The van der Waals surface area contributed by atoms with Crippen molar-refractivity contribution in [3.63, 3.8) is 0 Å². The monoisotopic (exact) mass is 685 g/mol. The van der Waals surface area contributed by atoms with Gasteiger partial charge in [-0.25, -0.2) is 4.39 Å². The predicted molar refractivity (Wildman–Crippen MR) is 190 cm³/mol. The summed E-state index contributed by atoms with van der Waals surface area (Å²) in [6.45, 7) is 6.60. The fourth-order valence-electron chi connectivity index (χ4n) is 9.26. The lowest BCUT2D eigenvalue weighted by atomic mass is 9.73.